The number of hydrogen-bond donors (Lipinski definition) is 1. The van der Waals surface area contributed by atoms with E-state index in [1.807, 2.05) is 6.92 Å². The Morgan fingerprint density at radius 2 is 1.68 bits per heavy atom. The standard InChI is InChI=1S/C29H44N2O3/c1-20-10-7-5-6-8-15-29(16-9-11-20)17-14-24(18-29)12-13-25-19-31(28(33)30-26(25)32)27-22(3)21(2)23(4)34-27/h19-24,27H,5-11,14-18H2,1-4H3,(H,30,32,33). The van der Waals surface area contributed by atoms with Crippen LogP contribution in [0.3, 0.4) is 0 Å². The minimum atomic E-state index is -0.417. The first kappa shape index (κ1) is 25.3. The smallest absolute Gasteiger partial charge is 0.330 e. The lowest BCUT2D eigenvalue weighted by Crippen LogP contribution is -2.35. The van der Waals surface area contributed by atoms with E-state index in [0.29, 0.717) is 22.8 Å². The predicted molar refractivity (Wildman–Crippen MR) is 137 cm³/mol. The van der Waals surface area contributed by atoms with Crippen molar-refractivity contribution in [3.8, 4) is 11.8 Å². The molecule has 34 heavy (non-hydrogen) atoms. The summed E-state index contributed by atoms with van der Waals surface area (Å²) in [4.78, 5) is 27.5. The maximum Gasteiger partial charge on any atom is 0.330 e. The van der Waals surface area contributed by atoms with Gasteiger partial charge in [0.25, 0.3) is 5.56 Å². The summed E-state index contributed by atoms with van der Waals surface area (Å²) in [5.74, 6) is 8.32. The van der Waals surface area contributed by atoms with E-state index >= 15 is 0 Å². The van der Waals surface area contributed by atoms with Gasteiger partial charge in [0.05, 0.1) is 6.10 Å². The number of aromatic nitrogens is 2. The normalized spacial score (nSPS) is 37.2. The number of nitrogens with zero attached hydrogens (tertiary/aromatic N) is 1. The summed E-state index contributed by atoms with van der Waals surface area (Å²) in [5, 5.41) is 0. The number of nitrogens with one attached hydrogen (secondary N) is 1. The Kier molecular flexibility index (Phi) is 8.08. The van der Waals surface area contributed by atoms with E-state index < -0.39 is 11.2 Å². The summed E-state index contributed by atoms with van der Waals surface area (Å²) in [6.07, 6.45) is 17.1. The third kappa shape index (κ3) is 5.70. The van der Waals surface area contributed by atoms with Crippen molar-refractivity contribution < 1.29 is 4.74 Å². The molecule has 3 aliphatic rings. The van der Waals surface area contributed by atoms with Gasteiger partial charge in [-0.1, -0.05) is 77.6 Å². The van der Waals surface area contributed by atoms with Crippen molar-refractivity contribution in [3.05, 3.63) is 32.6 Å². The Balaban J connectivity index is 1.49. The topological polar surface area (TPSA) is 64.1 Å². The van der Waals surface area contributed by atoms with Crippen LogP contribution < -0.4 is 11.2 Å². The Bertz CT molecular complexity index is 1010. The van der Waals surface area contributed by atoms with Gasteiger partial charge in [-0.15, -0.1) is 0 Å². The first-order valence-electron chi connectivity index (χ1n) is 13.8. The van der Waals surface area contributed by atoms with Crippen molar-refractivity contribution in [2.24, 2.45) is 29.1 Å². The average Bonchev–Trinajstić information content (AvgIpc) is 3.30. The number of hydrogen-bond acceptors (Lipinski definition) is 3. The molecule has 1 spiro atoms. The van der Waals surface area contributed by atoms with Gasteiger partial charge in [-0.25, -0.2) is 4.79 Å². The summed E-state index contributed by atoms with van der Waals surface area (Å²) >= 11 is 0. The molecule has 2 aliphatic carbocycles. The minimum absolute atomic E-state index is 0.0765. The maximum absolute atomic E-state index is 12.5. The zero-order chi connectivity index (χ0) is 24.3. The van der Waals surface area contributed by atoms with E-state index in [-0.39, 0.29) is 18.2 Å². The molecule has 0 amide bonds. The number of H-pyrrole nitrogens is 1. The van der Waals surface area contributed by atoms with E-state index in [4.69, 9.17) is 4.74 Å². The molecule has 0 radical (unpaired) electrons. The molecule has 2 saturated carbocycles. The highest BCUT2D eigenvalue weighted by molar-refractivity contribution is 5.31. The van der Waals surface area contributed by atoms with Gasteiger partial charge in [0.1, 0.15) is 11.8 Å². The van der Waals surface area contributed by atoms with Crippen LogP contribution in [0.5, 0.6) is 0 Å². The van der Waals surface area contributed by atoms with Crippen molar-refractivity contribution in [2.45, 2.75) is 117 Å². The molecule has 0 bridgehead atoms. The summed E-state index contributed by atoms with van der Waals surface area (Å²) in [7, 11) is 0. The van der Waals surface area contributed by atoms with Crippen LogP contribution in [-0.4, -0.2) is 15.7 Å². The molecular weight excluding hydrogens is 424 g/mol. The van der Waals surface area contributed by atoms with Crippen molar-refractivity contribution in [3.63, 3.8) is 0 Å². The Morgan fingerprint density at radius 1 is 0.941 bits per heavy atom. The van der Waals surface area contributed by atoms with E-state index in [1.165, 1.54) is 68.8 Å². The third-order valence-electron chi connectivity index (χ3n) is 9.29. The van der Waals surface area contributed by atoms with Crippen LogP contribution in [0.15, 0.2) is 15.8 Å². The first-order valence-corrected chi connectivity index (χ1v) is 13.8. The van der Waals surface area contributed by atoms with Crippen LogP contribution in [0, 0.1) is 40.9 Å². The predicted octanol–water partition coefficient (Wildman–Crippen LogP) is 6.02. The van der Waals surface area contributed by atoms with Crippen LogP contribution in [-0.2, 0) is 4.74 Å². The quantitative estimate of drug-likeness (QED) is 0.512. The highest BCUT2D eigenvalue weighted by Crippen LogP contribution is 2.49. The van der Waals surface area contributed by atoms with Crippen LogP contribution in [0.4, 0.5) is 0 Å². The van der Waals surface area contributed by atoms with Gasteiger partial charge < -0.3 is 4.74 Å². The molecule has 188 valence electrons. The summed E-state index contributed by atoms with van der Waals surface area (Å²) in [6, 6.07) is 0. The van der Waals surface area contributed by atoms with Gasteiger partial charge >= 0.3 is 5.69 Å². The van der Waals surface area contributed by atoms with Gasteiger partial charge in [-0.2, -0.15) is 0 Å². The zero-order valence-corrected chi connectivity index (χ0v) is 21.7. The molecule has 1 saturated heterocycles. The Morgan fingerprint density at radius 3 is 2.44 bits per heavy atom. The van der Waals surface area contributed by atoms with Crippen LogP contribution in [0.1, 0.15) is 117 Å². The fourth-order valence-corrected chi connectivity index (χ4v) is 6.64. The van der Waals surface area contributed by atoms with E-state index in [1.54, 1.807) is 6.20 Å². The molecule has 1 aromatic rings. The molecule has 7 atom stereocenters. The number of rotatable bonds is 1. The Hall–Kier alpha value is -1.80. The molecule has 1 N–H and O–H groups in total. The summed E-state index contributed by atoms with van der Waals surface area (Å²) in [6.45, 7) is 8.70. The van der Waals surface area contributed by atoms with Gasteiger partial charge in [0.15, 0.2) is 0 Å². The molecule has 0 aromatic carbocycles. The van der Waals surface area contributed by atoms with Crippen molar-refractivity contribution >= 4 is 0 Å². The lowest BCUT2D eigenvalue weighted by molar-refractivity contribution is -0.00764. The lowest BCUT2D eigenvalue weighted by atomic mass is 9.76. The molecular formula is C29H44N2O3. The van der Waals surface area contributed by atoms with Gasteiger partial charge in [0.2, 0.25) is 0 Å². The van der Waals surface area contributed by atoms with E-state index in [2.05, 4.69) is 37.6 Å². The monoisotopic (exact) mass is 468 g/mol. The number of aromatic amines is 1. The molecule has 4 rings (SSSR count). The second-order valence-corrected chi connectivity index (χ2v) is 11.8. The number of ether oxygens (including phenoxy) is 1. The van der Waals surface area contributed by atoms with Gasteiger partial charge in [-0.05, 0) is 56.3 Å². The molecule has 1 aliphatic heterocycles. The molecule has 2 heterocycles. The molecule has 7 unspecified atom stereocenters. The van der Waals surface area contributed by atoms with Gasteiger partial charge in [-0.3, -0.25) is 14.3 Å². The van der Waals surface area contributed by atoms with Crippen LogP contribution in [0.25, 0.3) is 0 Å². The molecule has 5 heteroatoms. The van der Waals surface area contributed by atoms with Crippen molar-refractivity contribution in [1.82, 2.24) is 9.55 Å². The largest absolute Gasteiger partial charge is 0.354 e. The molecule has 1 aromatic heterocycles. The van der Waals surface area contributed by atoms with E-state index in [9.17, 15) is 9.59 Å². The second kappa shape index (κ2) is 10.9. The summed E-state index contributed by atoms with van der Waals surface area (Å²) < 4.78 is 7.59. The van der Waals surface area contributed by atoms with Crippen molar-refractivity contribution in [1.29, 1.82) is 0 Å². The zero-order valence-electron chi connectivity index (χ0n) is 21.7. The average molecular weight is 469 g/mol. The fraction of sp³-hybridized carbons (Fsp3) is 0.793. The van der Waals surface area contributed by atoms with E-state index in [0.717, 1.165) is 18.8 Å². The fourth-order valence-electron chi connectivity index (χ4n) is 6.64. The van der Waals surface area contributed by atoms with Gasteiger partial charge in [0, 0.05) is 18.0 Å². The second-order valence-electron chi connectivity index (χ2n) is 11.8. The Labute approximate surface area is 205 Å². The summed E-state index contributed by atoms with van der Waals surface area (Å²) in [5.41, 5.74) is 0.00529. The maximum atomic E-state index is 12.5. The third-order valence-corrected chi connectivity index (χ3v) is 9.29. The van der Waals surface area contributed by atoms with Crippen molar-refractivity contribution in [2.75, 3.05) is 0 Å². The highest BCUT2D eigenvalue weighted by atomic mass is 16.5. The minimum Gasteiger partial charge on any atom is -0.354 e. The molecule has 3 fully saturated rings. The first-order chi connectivity index (χ1) is 16.3. The van der Waals surface area contributed by atoms with Crippen LogP contribution in [0.2, 0.25) is 0 Å². The van der Waals surface area contributed by atoms with Crippen LogP contribution >= 0.6 is 0 Å². The lowest BCUT2D eigenvalue weighted by Gasteiger charge is -2.29. The SMILES string of the molecule is CC1CCCCCCC2(CCC1)CCC(C#Cc1cn(C3OC(C)C(C)C3C)c(=O)[nH]c1=O)C2. The highest BCUT2D eigenvalue weighted by Gasteiger charge is 2.39. The molecule has 5 nitrogen and oxygen atoms in total.